The molecule has 2 aromatic rings. The molecule has 0 atom stereocenters. The largest absolute Gasteiger partial charge is 0.333 e. The maximum atomic E-state index is 12.7. The molecule has 2 rings (SSSR count). The van der Waals surface area contributed by atoms with Crippen LogP contribution in [-0.4, -0.2) is 28.2 Å². The third kappa shape index (κ3) is 4.91. The number of nitrogens with zero attached hydrogens (tertiary/aromatic N) is 2. The third-order valence-electron chi connectivity index (χ3n) is 3.62. The average Bonchev–Trinajstić information content (AvgIpc) is 2.60. The molecular weight excluding hydrogens is 302 g/mol. The topological polar surface area (TPSA) is 62.3 Å². The van der Waals surface area contributed by atoms with Crippen molar-refractivity contribution in [1.29, 1.82) is 0 Å². The van der Waals surface area contributed by atoms with Crippen molar-refractivity contribution in [2.45, 2.75) is 33.2 Å². The minimum absolute atomic E-state index is 0.0390. The molecule has 0 aliphatic carbocycles. The van der Waals surface area contributed by atoms with Crippen molar-refractivity contribution < 1.29 is 9.59 Å². The first-order chi connectivity index (χ1) is 11.6. The van der Waals surface area contributed by atoms with E-state index < -0.39 is 0 Å². The molecule has 5 heteroatoms. The Morgan fingerprint density at radius 2 is 1.96 bits per heavy atom. The lowest BCUT2D eigenvalue weighted by Crippen LogP contribution is -2.30. The van der Waals surface area contributed by atoms with Crippen LogP contribution < -0.4 is 5.32 Å². The number of anilines is 1. The number of benzene rings is 1. The number of amides is 2. The summed E-state index contributed by atoms with van der Waals surface area (Å²) in [5, 5.41) is 2.82. The summed E-state index contributed by atoms with van der Waals surface area (Å²) in [6, 6.07) is 12.7. The van der Waals surface area contributed by atoms with E-state index in [9.17, 15) is 9.59 Å². The van der Waals surface area contributed by atoms with Crippen molar-refractivity contribution in [3.8, 4) is 0 Å². The number of aromatic nitrogens is 1. The Bertz CT molecular complexity index is 686. The molecule has 0 aliphatic rings. The fourth-order valence-corrected chi connectivity index (χ4v) is 2.38. The smallest absolute Gasteiger partial charge is 0.254 e. The first-order valence-electron chi connectivity index (χ1n) is 8.23. The fraction of sp³-hybridized carbons (Fsp3) is 0.316. The Balaban J connectivity index is 2.11. The van der Waals surface area contributed by atoms with E-state index >= 15 is 0 Å². The summed E-state index contributed by atoms with van der Waals surface area (Å²) in [5.74, 6) is -0.113. The molecule has 0 saturated carbocycles. The van der Waals surface area contributed by atoms with Crippen molar-refractivity contribution in [3.63, 3.8) is 0 Å². The van der Waals surface area contributed by atoms with Crippen molar-refractivity contribution in [3.05, 3.63) is 59.9 Å². The van der Waals surface area contributed by atoms with Gasteiger partial charge in [-0.3, -0.25) is 14.6 Å². The molecule has 0 bridgehead atoms. The van der Waals surface area contributed by atoms with Gasteiger partial charge in [-0.2, -0.15) is 0 Å². The van der Waals surface area contributed by atoms with Crippen LogP contribution in [0.1, 0.15) is 42.7 Å². The van der Waals surface area contributed by atoms with E-state index in [2.05, 4.69) is 10.3 Å². The van der Waals surface area contributed by atoms with Gasteiger partial charge >= 0.3 is 0 Å². The van der Waals surface area contributed by atoms with E-state index in [1.165, 1.54) is 0 Å². The maximum absolute atomic E-state index is 12.7. The highest BCUT2D eigenvalue weighted by molar-refractivity contribution is 5.97. The second kappa shape index (κ2) is 8.82. The highest BCUT2D eigenvalue weighted by Gasteiger charge is 2.15. The zero-order chi connectivity index (χ0) is 17.4. The Hall–Kier alpha value is -2.69. The zero-order valence-corrected chi connectivity index (χ0v) is 14.2. The first-order valence-corrected chi connectivity index (χ1v) is 8.23. The Morgan fingerprint density at radius 3 is 2.62 bits per heavy atom. The van der Waals surface area contributed by atoms with Crippen LogP contribution in [0.5, 0.6) is 0 Å². The number of nitrogens with one attached hydrogen (secondary N) is 1. The van der Waals surface area contributed by atoms with Crippen LogP contribution in [0.3, 0.4) is 0 Å². The molecule has 126 valence electrons. The lowest BCUT2D eigenvalue weighted by Gasteiger charge is -2.21. The van der Waals surface area contributed by atoms with Gasteiger partial charge in [0.15, 0.2) is 0 Å². The van der Waals surface area contributed by atoms with Crippen molar-refractivity contribution >= 4 is 17.5 Å². The average molecular weight is 325 g/mol. The van der Waals surface area contributed by atoms with Gasteiger partial charge in [0.25, 0.3) is 5.91 Å². The number of rotatable bonds is 7. The van der Waals surface area contributed by atoms with Crippen LogP contribution in [0.25, 0.3) is 0 Å². The summed E-state index contributed by atoms with van der Waals surface area (Å²) < 4.78 is 0. The number of hydrogen-bond donors (Lipinski definition) is 1. The summed E-state index contributed by atoms with van der Waals surface area (Å²) in [6.45, 7) is 4.94. The van der Waals surface area contributed by atoms with Gasteiger partial charge in [-0.1, -0.05) is 19.1 Å². The van der Waals surface area contributed by atoms with Gasteiger partial charge in [-0.15, -0.1) is 0 Å². The number of carbonyl (C=O) groups is 2. The van der Waals surface area contributed by atoms with Gasteiger partial charge in [-0.25, -0.2) is 0 Å². The SMILES string of the molecule is CCCC(=O)Nc1cccc(C(=O)N(CC)Cc2ccccn2)c1. The molecule has 1 heterocycles. The summed E-state index contributed by atoms with van der Waals surface area (Å²) in [5.41, 5.74) is 2.05. The normalized spacial score (nSPS) is 10.2. The molecule has 2 amide bonds. The Labute approximate surface area is 142 Å². The van der Waals surface area contributed by atoms with Gasteiger partial charge in [-0.05, 0) is 43.7 Å². The van der Waals surface area contributed by atoms with E-state index in [-0.39, 0.29) is 11.8 Å². The first kappa shape index (κ1) is 17.7. The van der Waals surface area contributed by atoms with Crippen LogP contribution in [0, 0.1) is 0 Å². The molecule has 1 aromatic carbocycles. The van der Waals surface area contributed by atoms with E-state index in [1.54, 1.807) is 35.4 Å². The van der Waals surface area contributed by atoms with E-state index in [1.807, 2.05) is 32.0 Å². The minimum Gasteiger partial charge on any atom is -0.333 e. The highest BCUT2D eigenvalue weighted by atomic mass is 16.2. The molecular formula is C19H23N3O2. The minimum atomic E-state index is -0.0743. The second-order valence-corrected chi connectivity index (χ2v) is 5.52. The van der Waals surface area contributed by atoms with Gasteiger partial charge in [0.2, 0.25) is 5.91 Å². The van der Waals surface area contributed by atoms with Gasteiger partial charge in [0, 0.05) is 30.4 Å². The molecule has 0 radical (unpaired) electrons. The Morgan fingerprint density at radius 1 is 1.12 bits per heavy atom. The van der Waals surface area contributed by atoms with Crippen LogP contribution in [0.2, 0.25) is 0 Å². The molecule has 0 spiro atoms. The lowest BCUT2D eigenvalue weighted by atomic mass is 10.1. The van der Waals surface area contributed by atoms with E-state index in [0.717, 1.165) is 12.1 Å². The molecule has 24 heavy (non-hydrogen) atoms. The molecule has 5 nitrogen and oxygen atoms in total. The van der Waals surface area contributed by atoms with Crippen molar-refractivity contribution in [1.82, 2.24) is 9.88 Å². The predicted octanol–water partition coefficient (Wildman–Crippen LogP) is 3.48. The van der Waals surface area contributed by atoms with Gasteiger partial charge < -0.3 is 10.2 Å². The monoisotopic (exact) mass is 325 g/mol. The van der Waals surface area contributed by atoms with Gasteiger partial charge in [0.1, 0.15) is 0 Å². The molecule has 0 fully saturated rings. The quantitative estimate of drug-likeness (QED) is 0.847. The fourth-order valence-electron chi connectivity index (χ4n) is 2.38. The summed E-state index contributed by atoms with van der Waals surface area (Å²) in [4.78, 5) is 30.4. The molecule has 1 N–H and O–H groups in total. The predicted molar refractivity (Wildman–Crippen MR) is 94.6 cm³/mol. The maximum Gasteiger partial charge on any atom is 0.254 e. The van der Waals surface area contributed by atoms with Crippen LogP contribution in [-0.2, 0) is 11.3 Å². The summed E-state index contributed by atoms with van der Waals surface area (Å²) >= 11 is 0. The van der Waals surface area contributed by atoms with Gasteiger partial charge in [0.05, 0.1) is 12.2 Å². The van der Waals surface area contributed by atoms with Crippen LogP contribution >= 0.6 is 0 Å². The summed E-state index contributed by atoms with van der Waals surface area (Å²) in [7, 11) is 0. The number of hydrogen-bond acceptors (Lipinski definition) is 3. The van der Waals surface area contributed by atoms with E-state index in [4.69, 9.17) is 0 Å². The van der Waals surface area contributed by atoms with Crippen molar-refractivity contribution in [2.24, 2.45) is 0 Å². The van der Waals surface area contributed by atoms with Crippen molar-refractivity contribution in [2.75, 3.05) is 11.9 Å². The highest BCUT2D eigenvalue weighted by Crippen LogP contribution is 2.14. The Kier molecular flexibility index (Phi) is 6.49. The number of carbonyl (C=O) groups excluding carboxylic acids is 2. The second-order valence-electron chi connectivity index (χ2n) is 5.52. The summed E-state index contributed by atoms with van der Waals surface area (Å²) in [6.07, 6.45) is 2.98. The third-order valence-corrected chi connectivity index (χ3v) is 3.62. The molecule has 0 aliphatic heterocycles. The molecule has 0 unspecified atom stereocenters. The van der Waals surface area contributed by atoms with E-state index in [0.29, 0.717) is 30.8 Å². The zero-order valence-electron chi connectivity index (χ0n) is 14.2. The molecule has 0 saturated heterocycles. The lowest BCUT2D eigenvalue weighted by molar-refractivity contribution is -0.116. The molecule has 1 aromatic heterocycles. The van der Waals surface area contributed by atoms with Crippen LogP contribution in [0.4, 0.5) is 5.69 Å². The number of pyridine rings is 1. The van der Waals surface area contributed by atoms with Crippen LogP contribution in [0.15, 0.2) is 48.7 Å². The standard InChI is InChI=1S/C19H23N3O2/c1-3-8-18(23)21-16-11-7-9-15(13-16)19(24)22(4-2)14-17-10-5-6-12-20-17/h5-7,9-13H,3-4,8,14H2,1-2H3,(H,21,23).